The van der Waals surface area contributed by atoms with Crippen molar-refractivity contribution in [3.05, 3.63) is 58.3 Å². The Morgan fingerprint density at radius 3 is 3.00 bits per heavy atom. The molecular weight excluding hydrogens is 328 g/mol. The summed E-state index contributed by atoms with van der Waals surface area (Å²) in [6.45, 7) is 3.90. The lowest BCUT2D eigenvalue weighted by Gasteiger charge is -2.37. The first-order valence-corrected chi connectivity index (χ1v) is 8.08. The van der Waals surface area contributed by atoms with Crippen LogP contribution in [-0.2, 0) is 0 Å². The normalized spacial score (nSPS) is 30.9. The van der Waals surface area contributed by atoms with Crippen molar-refractivity contribution in [3.8, 4) is 0 Å². The average molecular weight is 351 g/mol. The molecule has 0 amide bonds. The first-order chi connectivity index (χ1) is 9.99. The van der Waals surface area contributed by atoms with Crippen molar-refractivity contribution < 1.29 is 5.11 Å². The van der Waals surface area contributed by atoms with E-state index < -0.39 is 0 Å². The maximum Gasteiger partial charge on any atom is 0.109 e. The quantitative estimate of drug-likeness (QED) is 0.537. The van der Waals surface area contributed by atoms with E-state index in [4.69, 9.17) is 5.73 Å². The molecule has 3 nitrogen and oxygen atoms in total. The van der Waals surface area contributed by atoms with Gasteiger partial charge in [-0.25, -0.2) is 0 Å². The standard InChI is InChI=1S/C17H23BrN2O/c1-11(18)9-10-16(21)12(2)20-15-8-4-6-13-5-3-7-14(19)17(13)15/h3-7,9-10,12,14-15,17,20-21H,8,19H2,1-2H3/b11-9+,16-10-. The van der Waals surface area contributed by atoms with Gasteiger partial charge in [-0.1, -0.05) is 46.3 Å². The van der Waals surface area contributed by atoms with Gasteiger partial charge in [0.2, 0.25) is 0 Å². The van der Waals surface area contributed by atoms with E-state index in [9.17, 15) is 5.11 Å². The van der Waals surface area contributed by atoms with E-state index >= 15 is 0 Å². The number of fused-ring (bicyclic) bond motifs is 1. The summed E-state index contributed by atoms with van der Waals surface area (Å²) in [7, 11) is 0. The molecule has 0 saturated heterocycles. The third-order valence-electron chi connectivity index (χ3n) is 3.95. The molecule has 4 atom stereocenters. The molecule has 0 heterocycles. The molecule has 0 bridgehead atoms. The third kappa shape index (κ3) is 4.19. The summed E-state index contributed by atoms with van der Waals surface area (Å²) in [6, 6.07) is 0.153. The number of allylic oxidation sites excluding steroid dienone is 6. The van der Waals surface area contributed by atoms with E-state index in [-0.39, 0.29) is 24.0 Å². The fourth-order valence-corrected chi connectivity index (χ4v) is 2.97. The second kappa shape index (κ2) is 7.25. The lowest BCUT2D eigenvalue weighted by atomic mass is 9.77. The van der Waals surface area contributed by atoms with E-state index in [1.807, 2.05) is 32.1 Å². The smallest absolute Gasteiger partial charge is 0.109 e. The zero-order valence-electron chi connectivity index (χ0n) is 12.5. The fraction of sp³-hybridized carbons (Fsp3) is 0.412. The van der Waals surface area contributed by atoms with E-state index in [1.54, 1.807) is 6.08 Å². The van der Waals surface area contributed by atoms with Gasteiger partial charge in [-0.2, -0.15) is 0 Å². The van der Waals surface area contributed by atoms with E-state index in [0.29, 0.717) is 5.76 Å². The minimum Gasteiger partial charge on any atom is -0.511 e. The highest BCUT2D eigenvalue weighted by molar-refractivity contribution is 9.11. The Kier molecular flexibility index (Phi) is 5.62. The summed E-state index contributed by atoms with van der Waals surface area (Å²) in [6.07, 6.45) is 15.0. The first-order valence-electron chi connectivity index (χ1n) is 7.28. The predicted molar refractivity (Wildman–Crippen MR) is 92.2 cm³/mol. The van der Waals surface area contributed by atoms with Crippen molar-refractivity contribution in [2.24, 2.45) is 11.7 Å². The number of rotatable bonds is 4. The molecule has 4 heteroatoms. The van der Waals surface area contributed by atoms with Crippen molar-refractivity contribution in [2.75, 3.05) is 0 Å². The molecule has 2 rings (SSSR count). The van der Waals surface area contributed by atoms with Crippen LogP contribution in [0.1, 0.15) is 20.3 Å². The SMILES string of the molecule is C/C(Br)=C\C=C(/O)C(C)NC1CC=CC2=CC=CC(N)C21. The molecular formula is C17H23BrN2O. The summed E-state index contributed by atoms with van der Waals surface area (Å²) < 4.78 is 0.978. The van der Waals surface area contributed by atoms with Crippen molar-refractivity contribution in [2.45, 2.75) is 38.4 Å². The zero-order chi connectivity index (χ0) is 15.4. The van der Waals surface area contributed by atoms with Gasteiger partial charge in [-0.15, -0.1) is 0 Å². The highest BCUT2D eigenvalue weighted by atomic mass is 79.9. The topological polar surface area (TPSA) is 58.3 Å². The second-order valence-corrected chi connectivity index (χ2v) is 6.88. The van der Waals surface area contributed by atoms with Crippen molar-refractivity contribution >= 4 is 15.9 Å². The third-order valence-corrected chi connectivity index (χ3v) is 4.21. The molecule has 0 aromatic rings. The van der Waals surface area contributed by atoms with Crippen molar-refractivity contribution in [1.29, 1.82) is 0 Å². The van der Waals surface area contributed by atoms with Crippen LogP contribution >= 0.6 is 15.9 Å². The molecule has 2 aliphatic carbocycles. The summed E-state index contributed by atoms with van der Waals surface area (Å²) in [4.78, 5) is 0. The highest BCUT2D eigenvalue weighted by Crippen LogP contribution is 2.30. The van der Waals surface area contributed by atoms with Gasteiger partial charge >= 0.3 is 0 Å². The molecule has 0 saturated carbocycles. The number of hydrogen-bond acceptors (Lipinski definition) is 3. The van der Waals surface area contributed by atoms with Gasteiger partial charge in [0.15, 0.2) is 0 Å². The van der Waals surface area contributed by atoms with Crippen LogP contribution in [0.4, 0.5) is 0 Å². The Morgan fingerprint density at radius 1 is 1.52 bits per heavy atom. The van der Waals surface area contributed by atoms with Gasteiger partial charge in [0.05, 0.1) is 6.04 Å². The predicted octanol–water partition coefficient (Wildman–Crippen LogP) is 3.47. The van der Waals surface area contributed by atoms with Crippen molar-refractivity contribution in [1.82, 2.24) is 5.32 Å². The number of nitrogens with two attached hydrogens (primary N) is 1. The number of aliphatic hydroxyl groups is 1. The van der Waals surface area contributed by atoms with E-state index in [2.05, 4.69) is 39.5 Å². The fourth-order valence-electron chi connectivity index (χ4n) is 2.84. The van der Waals surface area contributed by atoms with Crippen LogP contribution < -0.4 is 11.1 Å². The van der Waals surface area contributed by atoms with Crippen LogP contribution in [0, 0.1) is 5.92 Å². The maximum atomic E-state index is 10.1. The lowest BCUT2D eigenvalue weighted by Crippen LogP contribution is -2.50. The summed E-state index contributed by atoms with van der Waals surface area (Å²) in [5.74, 6) is 0.595. The molecule has 0 radical (unpaired) electrons. The lowest BCUT2D eigenvalue weighted by molar-refractivity contribution is 0.293. The van der Waals surface area contributed by atoms with Gasteiger partial charge in [-0.3, -0.25) is 0 Å². The van der Waals surface area contributed by atoms with Gasteiger partial charge in [-0.05, 0) is 42.5 Å². The molecule has 0 fully saturated rings. The van der Waals surface area contributed by atoms with Gasteiger partial charge in [0.25, 0.3) is 0 Å². The van der Waals surface area contributed by atoms with Crippen LogP contribution in [0.15, 0.2) is 58.3 Å². The number of halogens is 1. The molecule has 0 aliphatic heterocycles. The summed E-state index contributed by atoms with van der Waals surface area (Å²) in [5, 5.41) is 13.6. The van der Waals surface area contributed by atoms with Crippen molar-refractivity contribution in [3.63, 3.8) is 0 Å². The maximum absolute atomic E-state index is 10.1. The zero-order valence-corrected chi connectivity index (χ0v) is 14.0. The van der Waals surface area contributed by atoms with Gasteiger partial charge in [0, 0.05) is 18.0 Å². The van der Waals surface area contributed by atoms with Crippen LogP contribution in [0.2, 0.25) is 0 Å². The van der Waals surface area contributed by atoms with Gasteiger partial charge in [0.1, 0.15) is 5.76 Å². The molecule has 2 aliphatic rings. The van der Waals surface area contributed by atoms with Crippen LogP contribution in [-0.4, -0.2) is 23.2 Å². The Hall–Kier alpha value is -1.10. The Bertz CT molecular complexity index is 527. The van der Waals surface area contributed by atoms with Crippen LogP contribution in [0.5, 0.6) is 0 Å². The highest BCUT2D eigenvalue weighted by Gasteiger charge is 2.32. The largest absolute Gasteiger partial charge is 0.511 e. The summed E-state index contributed by atoms with van der Waals surface area (Å²) in [5.41, 5.74) is 7.50. The molecule has 21 heavy (non-hydrogen) atoms. The minimum absolute atomic E-state index is 0.0236. The van der Waals surface area contributed by atoms with E-state index in [1.165, 1.54) is 5.57 Å². The Morgan fingerprint density at radius 2 is 2.29 bits per heavy atom. The number of aliphatic hydroxyl groups excluding tert-OH is 1. The first kappa shape index (κ1) is 16.3. The molecule has 4 N–H and O–H groups in total. The Labute approximate surface area is 135 Å². The number of hydrogen-bond donors (Lipinski definition) is 3. The van der Waals surface area contributed by atoms with Gasteiger partial charge < -0.3 is 16.2 Å². The monoisotopic (exact) mass is 350 g/mol. The molecule has 0 aromatic heterocycles. The number of nitrogens with one attached hydrogen (secondary N) is 1. The van der Waals surface area contributed by atoms with Crippen LogP contribution in [0.25, 0.3) is 0 Å². The molecule has 0 spiro atoms. The van der Waals surface area contributed by atoms with Crippen LogP contribution in [0.3, 0.4) is 0 Å². The average Bonchev–Trinajstić information content (AvgIpc) is 2.45. The second-order valence-electron chi connectivity index (χ2n) is 5.63. The van der Waals surface area contributed by atoms with E-state index in [0.717, 1.165) is 10.9 Å². The molecule has 4 unspecified atom stereocenters. The minimum atomic E-state index is -0.107. The molecule has 114 valence electrons. The Balaban J connectivity index is 2.07. The molecule has 0 aromatic carbocycles. The summed E-state index contributed by atoms with van der Waals surface area (Å²) >= 11 is 3.35.